The Morgan fingerprint density at radius 3 is 2.46 bits per heavy atom. The molecule has 1 rings (SSSR count). The highest BCUT2D eigenvalue weighted by Crippen LogP contribution is 2.30. The summed E-state index contributed by atoms with van der Waals surface area (Å²) in [5.41, 5.74) is -0.596. The number of carbonyl (C=O) groups is 2. The van der Waals surface area contributed by atoms with Crippen LogP contribution in [0.3, 0.4) is 0 Å². The number of hydrogen-bond acceptors (Lipinski definition) is 8. The third-order valence-corrected chi connectivity index (χ3v) is 2.72. The first kappa shape index (κ1) is 18.9. The van der Waals surface area contributed by atoms with Crippen molar-refractivity contribution in [3.8, 4) is 5.75 Å². The van der Waals surface area contributed by atoms with Gasteiger partial charge in [0.25, 0.3) is 5.69 Å². The van der Waals surface area contributed by atoms with Gasteiger partial charge < -0.3 is 19.5 Å². The largest absolute Gasteiger partial charge is 0.496 e. The molecule has 0 radical (unpaired) electrons. The number of nitrogens with zero attached hydrogens (tertiary/aromatic N) is 1. The molecular weight excluding hydrogens is 320 g/mol. The zero-order valence-electron chi connectivity index (χ0n) is 13.5. The summed E-state index contributed by atoms with van der Waals surface area (Å²) in [6, 6.07) is 4.02. The van der Waals surface area contributed by atoms with E-state index < -0.39 is 16.9 Å². The monoisotopic (exact) mass is 338 g/mol. The Kier molecular flexibility index (Phi) is 7.21. The van der Waals surface area contributed by atoms with Crippen LogP contribution in [-0.2, 0) is 19.1 Å². The lowest BCUT2D eigenvalue weighted by Gasteiger charge is -2.11. The van der Waals surface area contributed by atoms with Gasteiger partial charge in [0.1, 0.15) is 17.1 Å². The van der Waals surface area contributed by atoms with Gasteiger partial charge in [-0.3, -0.25) is 10.1 Å². The van der Waals surface area contributed by atoms with E-state index in [0.717, 1.165) is 6.08 Å². The summed E-state index contributed by atoms with van der Waals surface area (Å²) in [4.78, 5) is 34.0. The Balaban J connectivity index is 3.20. The SMILES string of the molecule is CCOC(=O)/C=C(/Nc1ccc(OC)cc1[N+](=O)[O-])C(=O)OCC. The van der Waals surface area contributed by atoms with Crippen molar-refractivity contribution in [2.75, 3.05) is 25.6 Å². The molecule has 0 saturated carbocycles. The van der Waals surface area contributed by atoms with Crippen LogP contribution >= 0.6 is 0 Å². The number of ether oxygens (including phenoxy) is 3. The van der Waals surface area contributed by atoms with Gasteiger partial charge in [0, 0.05) is 0 Å². The molecule has 0 aliphatic carbocycles. The van der Waals surface area contributed by atoms with Crippen LogP contribution in [0.5, 0.6) is 5.75 Å². The van der Waals surface area contributed by atoms with Crippen molar-refractivity contribution in [3.05, 3.63) is 40.1 Å². The summed E-state index contributed by atoms with van der Waals surface area (Å²) in [5.74, 6) is -1.33. The third kappa shape index (κ3) is 5.27. The topological polar surface area (TPSA) is 117 Å². The number of nitrogens with one attached hydrogen (secondary N) is 1. The molecule has 0 aromatic heterocycles. The van der Waals surface area contributed by atoms with Gasteiger partial charge in [-0.05, 0) is 26.0 Å². The first-order valence-corrected chi connectivity index (χ1v) is 7.07. The first-order valence-electron chi connectivity index (χ1n) is 7.07. The van der Waals surface area contributed by atoms with E-state index in [1.807, 2.05) is 0 Å². The van der Waals surface area contributed by atoms with Crippen molar-refractivity contribution in [2.24, 2.45) is 0 Å². The second kappa shape index (κ2) is 9.13. The number of hydrogen-bond donors (Lipinski definition) is 1. The second-order valence-electron chi connectivity index (χ2n) is 4.30. The quantitative estimate of drug-likeness (QED) is 0.331. The highest BCUT2D eigenvalue weighted by molar-refractivity contribution is 5.99. The van der Waals surface area contributed by atoms with E-state index in [0.29, 0.717) is 0 Å². The molecule has 1 aromatic carbocycles. The van der Waals surface area contributed by atoms with E-state index in [1.165, 1.54) is 25.3 Å². The summed E-state index contributed by atoms with van der Waals surface area (Å²) >= 11 is 0. The molecule has 24 heavy (non-hydrogen) atoms. The average molecular weight is 338 g/mol. The van der Waals surface area contributed by atoms with E-state index in [9.17, 15) is 19.7 Å². The number of nitro groups is 1. The van der Waals surface area contributed by atoms with Crippen LogP contribution in [0.1, 0.15) is 13.8 Å². The maximum atomic E-state index is 11.9. The second-order valence-corrected chi connectivity index (χ2v) is 4.30. The summed E-state index contributed by atoms with van der Waals surface area (Å²) < 4.78 is 14.5. The van der Waals surface area contributed by atoms with Gasteiger partial charge in [0.15, 0.2) is 0 Å². The zero-order chi connectivity index (χ0) is 18.1. The number of anilines is 1. The Morgan fingerprint density at radius 2 is 1.92 bits per heavy atom. The first-order chi connectivity index (χ1) is 11.4. The molecule has 0 unspecified atom stereocenters. The highest BCUT2D eigenvalue weighted by atomic mass is 16.6. The van der Waals surface area contributed by atoms with Gasteiger partial charge in [-0.2, -0.15) is 0 Å². The van der Waals surface area contributed by atoms with Gasteiger partial charge in [0.05, 0.1) is 37.4 Å². The fourth-order valence-electron chi connectivity index (χ4n) is 1.70. The third-order valence-electron chi connectivity index (χ3n) is 2.72. The number of esters is 2. The van der Waals surface area contributed by atoms with E-state index in [4.69, 9.17) is 14.2 Å². The minimum atomic E-state index is -0.837. The summed E-state index contributed by atoms with van der Waals surface area (Å²) in [5, 5.41) is 13.7. The molecule has 0 heterocycles. The highest BCUT2D eigenvalue weighted by Gasteiger charge is 2.20. The summed E-state index contributed by atoms with van der Waals surface area (Å²) in [6.07, 6.45) is 0.884. The van der Waals surface area contributed by atoms with Crippen molar-refractivity contribution in [2.45, 2.75) is 13.8 Å². The molecule has 0 fully saturated rings. The predicted octanol–water partition coefficient (Wildman–Crippen LogP) is 2.03. The van der Waals surface area contributed by atoms with Crippen LogP contribution in [-0.4, -0.2) is 37.2 Å². The van der Waals surface area contributed by atoms with Gasteiger partial charge in [-0.15, -0.1) is 0 Å². The Hall–Kier alpha value is -3.10. The van der Waals surface area contributed by atoms with E-state index in [2.05, 4.69) is 5.32 Å². The van der Waals surface area contributed by atoms with E-state index >= 15 is 0 Å². The van der Waals surface area contributed by atoms with Crippen molar-refractivity contribution >= 4 is 23.3 Å². The normalized spacial score (nSPS) is 10.7. The molecule has 130 valence electrons. The Bertz CT molecular complexity index is 655. The maximum absolute atomic E-state index is 11.9. The standard InChI is InChI=1S/C15H18N2O7/c1-4-23-14(18)9-12(15(19)24-5-2)16-11-7-6-10(22-3)8-13(11)17(20)21/h6-9,16H,4-5H2,1-3H3/b12-9+. The van der Waals surface area contributed by atoms with Gasteiger partial charge in [-0.25, -0.2) is 9.59 Å². The molecule has 0 amide bonds. The fourth-order valence-corrected chi connectivity index (χ4v) is 1.70. The lowest BCUT2D eigenvalue weighted by molar-refractivity contribution is -0.384. The Labute approximate surface area is 138 Å². The number of carbonyl (C=O) groups excluding carboxylic acids is 2. The molecule has 0 aliphatic rings. The molecule has 1 aromatic rings. The molecular formula is C15H18N2O7. The maximum Gasteiger partial charge on any atom is 0.355 e. The number of nitro benzene ring substituents is 1. The minimum absolute atomic E-state index is 0.00408. The molecule has 0 aliphatic heterocycles. The zero-order valence-corrected chi connectivity index (χ0v) is 13.5. The average Bonchev–Trinajstić information content (AvgIpc) is 2.54. The summed E-state index contributed by atoms with van der Waals surface area (Å²) in [7, 11) is 1.37. The number of rotatable bonds is 8. The van der Waals surface area contributed by atoms with Crippen molar-refractivity contribution < 1.29 is 28.7 Å². The minimum Gasteiger partial charge on any atom is -0.496 e. The van der Waals surface area contributed by atoms with Crippen molar-refractivity contribution in [3.63, 3.8) is 0 Å². The van der Waals surface area contributed by atoms with Crippen molar-refractivity contribution in [1.29, 1.82) is 0 Å². The Morgan fingerprint density at radius 1 is 1.25 bits per heavy atom. The molecule has 0 atom stereocenters. The van der Waals surface area contributed by atoms with Crippen LogP contribution in [0, 0.1) is 10.1 Å². The van der Waals surface area contributed by atoms with E-state index in [-0.39, 0.29) is 36.0 Å². The van der Waals surface area contributed by atoms with Crippen LogP contribution in [0.15, 0.2) is 30.0 Å². The van der Waals surface area contributed by atoms with Crippen LogP contribution in [0.25, 0.3) is 0 Å². The molecule has 9 heteroatoms. The molecule has 0 bridgehead atoms. The molecule has 0 saturated heterocycles. The molecule has 0 spiro atoms. The number of benzene rings is 1. The molecule has 1 N–H and O–H groups in total. The lowest BCUT2D eigenvalue weighted by Crippen LogP contribution is -2.17. The van der Waals surface area contributed by atoms with Crippen LogP contribution < -0.4 is 10.1 Å². The summed E-state index contributed by atoms with van der Waals surface area (Å²) in [6.45, 7) is 3.40. The van der Waals surface area contributed by atoms with Gasteiger partial charge in [-0.1, -0.05) is 0 Å². The van der Waals surface area contributed by atoms with Crippen molar-refractivity contribution in [1.82, 2.24) is 0 Å². The predicted molar refractivity (Wildman–Crippen MR) is 84.6 cm³/mol. The van der Waals surface area contributed by atoms with Gasteiger partial charge in [0.2, 0.25) is 0 Å². The smallest absolute Gasteiger partial charge is 0.355 e. The van der Waals surface area contributed by atoms with Crippen LogP contribution in [0.2, 0.25) is 0 Å². The van der Waals surface area contributed by atoms with E-state index in [1.54, 1.807) is 13.8 Å². The molecule has 9 nitrogen and oxygen atoms in total. The lowest BCUT2D eigenvalue weighted by atomic mass is 10.2. The van der Waals surface area contributed by atoms with Gasteiger partial charge >= 0.3 is 11.9 Å². The fraction of sp³-hybridized carbons (Fsp3) is 0.333. The number of methoxy groups -OCH3 is 1. The van der Waals surface area contributed by atoms with Crippen LogP contribution in [0.4, 0.5) is 11.4 Å².